The third-order valence-electron chi connectivity index (χ3n) is 3.28. The van der Waals surface area contributed by atoms with Crippen LogP contribution in [0.4, 0.5) is 8.78 Å². The van der Waals surface area contributed by atoms with E-state index in [1.807, 2.05) is 0 Å². The summed E-state index contributed by atoms with van der Waals surface area (Å²) >= 11 is 0. The van der Waals surface area contributed by atoms with Gasteiger partial charge in [0.15, 0.2) is 11.5 Å². The lowest BCUT2D eigenvalue weighted by Gasteiger charge is -2.15. The van der Waals surface area contributed by atoms with Crippen LogP contribution in [0.15, 0.2) is 36.4 Å². The van der Waals surface area contributed by atoms with Crippen molar-refractivity contribution in [2.24, 2.45) is 0 Å². The van der Waals surface area contributed by atoms with Gasteiger partial charge in [-0.1, -0.05) is 6.07 Å². The van der Waals surface area contributed by atoms with E-state index in [1.165, 1.54) is 13.2 Å². The Morgan fingerprint density at radius 2 is 1.95 bits per heavy atom. The minimum Gasteiger partial charge on any atom is -0.504 e. The maximum atomic E-state index is 13.6. The van der Waals surface area contributed by atoms with E-state index in [0.29, 0.717) is 12.3 Å². The molecule has 1 unspecified atom stereocenters. The van der Waals surface area contributed by atoms with E-state index >= 15 is 0 Å². The molecule has 2 N–H and O–H groups in total. The van der Waals surface area contributed by atoms with E-state index < -0.39 is 11.6 Å². The van der Waals surface area contributed by atoms with E-state index in [4.69, 9.17) is 4.74 Å². The summed E-state index contributed by atoms with van der Waals surface area (Å²) in [5.41, 5.74) is 1.09. The predicted molar refractivity (Wildman–Crippen MR) is 76.3 cm³/mol. The van der Waals surface area contributed by atoms with Crippen LogP contribution in [0.5, 0.6) is 11.5 Å². The zero-order valence-corrected chi connectivity index (χ0v) is 11.9. The second-order valence-electron chi connectivity index (χ2n) is 4.77. The van der Waals surface area contributed by atoms with Crippen LogP contribution in [0.1, 0.15) is 24.1 Å². The number of nitrogens with one attached hydrogen (secondary N) is 1. The number of phenols is 1. The van der Waals surface area contributed by atoms with Gasteiger partial charge in [0.2, 0.25) is 0 Å². The monoisotopic (exact) mass is 293 g/mol. The Hall–Kier alpha value is -2.14. The molecule has 0 heterocycles. The summed E-state index contributed by atoms with van der Waals surface area (Å²) in [6.07, 6.45) is 0. The van der Waals surface area contributed by atoms with Gasteiger partial charge in [-0.2, -0.15) is 0 Å². The second-order valence-corrected chi connectivity index (χ2v) is 4.77. The van der Waals surface area contributed by atoms with Crippen molar-refractivity contribution in [2.45, 2.75) is 19.5 Å². The lowest BCUT2D eigenvalue weighted by Crippen LogP contribution is -2.19. The molecule has 0 aliphatic heterocycles. The first-order chi connectivity index (χ1) is 10.0. The SMILES string of the molecule is COc1ccc(CNC(C)c2cc(F)ccc2F)cc1O. The third kappa shape index (κ3) is 3.70. The normalized spacial score (nSPS) is 12.2. The number of benzene rings is 2. The van der Waals surface area contributed by atoms with Gasteiger partial charge in [0.25, 0.3) is 0 Å². The summed E-state index contributed by atoms with van der Waals surface area (Å²) in [5, 5.41) is 12.8. The van der Waals surface area contributed by atoms with Crippen LogP contribution in [-0.4, -0.2) is 12.2 Å². The van der Waals surface area contributed by atoms with Gasteiger partial charge in [-0.25, -0.2) is 8.78 Å². The zero-order valence-electron chi connectivity index (χ0n) is 11.9. The molecule has 0 aliphatic rings. The standard InChI is InChI=1S/C16H17F2NO2/c1-10(13-8-12(17)4-5-14(13)18)19-9-11-3-6-16(21-2)15(20)7-11/h3-8,10,19-20H,9H2,1-2H3. The van der Waals surface area contributed by atoms with Crippen LogP contribution < -0.4 is 10.1 Å². The van der Waals surface area contributed by atoms with E-state index in [0.717, 1.165) is 17.7 Å². The van der Waals surface area contributed by atoms with E-state index in [1.54, 1.807) is 25.1 Å². The summed E-state index contributed by atoms with van der Waals surface area (Å²) in [6, 6.07) is 8.04. The van der Waals surface area contributed by atoms with Crippen molar-refractivity contribution in [3.05, 3.63) is 59.2 Å². The molecule has 0 saturated heterocycles. The number of rotatable bonds is 5. The molecule has 2 rings (SSSR count). The van der Waals surface area contributed by atoms with Crippen molar-refractivity contribution in [2.75, 3.05) is 7.11 Å². The lowest BCUT2D eigenvalue weighted by molar-refractivity contribution is 0.373. The predicted octanol–water partition coefficient (Wildman–Crippen LogP) is 3.53. The molecule has 2 aromatic rings. The Morgan fingerprint density at radius 1 is 1.19 bits per heavy atom. The number of halogens is 2. The molecule has 21 heavy (non-hydrogen) atoms. The quantitative estimate of drug-likeness (QED) is 0.886. The van der Waals surface area contributed by atoms with Crippen LogP contribution in [-0.2, 0) is 6.54 Å². The molecule has 0 aliphatic carbocycles. The Kier molecular flexibility index (Phi) is 4.75. The summed E-state index contributed by atoms with van der Waals surface area (Å²) in [6.45, 7) is 2.16. The zero-order chi connectivity index (χ0) is 15.4. The number of ether oxygens (including phenoxy) is 1. The topological polar surface area (TPSA) is 41.5 Å². The molecule has 0 radical (unpaired) electrons. The van der Waals surface area contributed by atoms with Crippen molar-refractivity contribution in [3.63, 3.8) is 0 Å². The molecule has 2 aromatic carbocycles. The maximum Gasteiger partial charge on any atom is 0.160 e. The second kappa shape index (κ2) is 6.54. The Balaban J connectivity index is 2.05. The molecule has 5 heteroatoms. The van der Waals surface area contributed by atoms with Gasteiger partial charge in [-0.15, -0.1) is 0 Å². The summed E-state index contributed by atoms with van der Waals surface area (Å²) in [7, 11) is 1.47. The van der Waals surface area contributed by atoms with Gasteiger partial charge in [0.1, 0.15) is 11.6 Å². The molecule has 0 amide bonds. The first-order valence-electron chi connectivity index (χ1n) is 6.55. The van der Waals surface area contributed by atoms with Crippen LogP contribution in [0, 0.1) is 11.6 Å². The van der Waals surface area contributed by atoms with Gasteiger partial charge >= 0.3 is 0 Å². The van der Waals surface area contributed by atoms with Crippen LogP contribution in [0.2, 0.25) is 0 Å². The lowest BCUT2D eigenvalue weighted by atomic mass is 10.1. The van der Waals surface area contributed by atoms with Gasteiger partial charge in [-0.05, 0) is 42.8 Å². The highest BCUT2D eigenvalue weighted by Gasteiger charge is 2.12. The average molecular weight is 293 g/mol. The summed E-state index contributed by atoms with van der Waals surface area (Å²) < 4.78 is 31.8. The van der Waals surface area contributed by atoms with Crippen LogP contribution in [0.3, 0.4) is 0 Å². The molecule has 0 bridgehead atoms. The first kappa shape index (κ1) is 15.3. The molecular formula is C16H17F2NO2. The molecule has 0 aromatic heterocycles. The third-order valence-corrected chi connectivity index (χ3v) is 3.28. The Labute approximate surface area is 122 Å². The highest BCUT2D eigenvalue weighted by Crippen LogP contribution is 2.26. The van der Waals surface area contributed by atoms with Crippen molar-refractivity contribution < 1.29 is 18.6 Å². The fourth-order valence-electron chi connectivity index (χ4n) is 2.07. The van der Waals surface area contributed by atoms with Gasteiger partial charge < -0.3 is 15.2 Å². The Bertz CT molecular complexity index is 632. The smallest absolute Gasteiger partial charge is 0.160 e. The molecule has 0 fully saturated rings. The Morgan fingerprint density at radius 3 is 2.62 bits per heavy atom. The summed E-state index contributed by atoms with van der Waals surface area (Å²) in [5.74, 6) is -0.486. The highest BCUT2D eigenvalue weighted by molar-refractivity contribution is 5.41. The van der Waals surface area contributed by atoms with Crippen LogP contribution >= 0.6 is 0 Å². The first-order valence-corrected chi connectivity index (χ1v) is 6.55. The fourth-order valence-corrected chi connectivity index (χ4v) is 2.07. The van der Waals surface area contributed by atoms with Gasteiger partial charge in [0, 0.05) is 18.2 Å². The van der Waals surface area contributed by atoms with Crippen molar-refractivity contribution in [3.8, 4) is 11.5 Å². The highest BCUT2D eigenvalue weighted by atomic mass is 19.1. The molecule has 0 saturated carbocycles. The number of hydrogen-bond acceptors (Lipinski definition) is 3. The number of methoxy groups -OCH3 is 1. The molecular weight excluding hydrogens is 276 g/mol. The number of aromatic hydroxyl groups is 1. The van der Waals surface area contributed by atoms with E-state index in [-0.39, 0.29) is 17.4 Å². The average Bonchev–Trinajstić information content (AvgIpc) is 2.47. The molecule has 3 nitrogen and oxygen atoms in total. The molecule has 112 valence electrons. The van der Waals surface area contributed by atoms with Crippen LogP contribution in [0.25, 0.3) is 0 Å². The number of phenolic OH excluding ortho intramolecular Hbond substituents is 1. The largest absolute Gasteiger partial charge is 0.504 e. The van der Waals surface area contributed by atoms with Crippen molar-refractivity contribution >= 4 is 0 Å². The van der Waals surface area contributed by atoms with Gasteiger partial charge in [0.05, 0.1) is 7.11 Å². The maximum absolute atomic E-state index is 13.6. The van der Waals surface area contributed by atoms with Crippen molar-refractivity contribution in [1.82, 2.24) is 5.32 Å². The minimum atomic E-state index is -0.470. The van der Waals surface area contributed by atoms with E-state index in [2.05, 4.69) is 5.32 Å². The molecule has 0 spiro atoms. The molecule has 1 atom stereocenters. The van der Waals surface area contributed by atoms with Crippen molar-refractivity contribution in [1.29, 1.82) is 0 Å². The van der Waals surface area contributed by atoms with Gasteiger partial charge in [-0.3, -0.25) is 0 Å². The van der Waals surface area contributed by atoms with E-state index in [9.17, 15) is 13.9 Å². The number of hydrogen-bond donors (Lipinski definition) is 2. The minimum absolute atomic E-state index is 0.0430. The summed E-state index contributed by atoms with van der Waals surface area (Å²) in [4.78, 5) is 0. The fraction of sp³-hybridized carbons (Fsp3) is 0.250.